The largest absolute Gasteiger partial charge is 0.335 e. The minimum absolute atomic E-state index is 0.0475. The Balaban J connectivity index is 1.54. The van der Waals surface area contributed by atoms with Gasteiger partial charge >= 0.3 is 0 Å². The van der Waals surface area contributed by atoms with Gasteiger partial charge in [-0.25, -0.2) is 8.42 Å². The highest BCUT2D eigenvalue weighted by Gasteiger charge is 2.35. The van der Waals surface area contributed by atoms with Crippen LogP contribution in [0.2, 0.25) is 5.02 Å². The minimum atomic E-state index is -4.13. The number of non-ortho nitro benzene ring substituents is 1. The van der Waals surface area contributed by atoms with Crippen LogP contribution < -0.4 is 0 Å². The summed E-state index contributed by atoms with van der Waals surface area (Å²) in [6.45, 7) is 0.0229. The molecule has 2 heterocycles. The quantitative estimate of drug-likeness (QED) is 0.377. The monoisotopic (exact) mass is 510 g/mol. The van der Waals surface area contributed by atoms with Crippen LogP contribution in [0.25, 0.3) is 10.1 Å². The number of carbonyl (C=O) groups excluding carboxylic acids is 1. The van der Waals surface area contributed by atoms with Gasteiger partial charge in [-0.1, -0.05) is 23.7 Å². The fourth-order valence-electron chi connectivity index (χ4n) is 3.55. The summed E-state index contributed by atoms with van der Waals surface area (Å²) >= 11 is 7.39. The predicted octanol–water partition coefficient (Wildman–Crippen LogP) is 3.52. The molecule has 0 radical (unpaired) electrons. The summed E-state index contributed by atoms with van der Waals surface area (Å²) in [5.41, 5.74) is -0.629. The molecule has 2 aromatic carbocycles. The van der Waals surface area contributed by atoms with Crippen LogP contribution in [0.5, 0.6) is 0 Å². The molecule has 0 saturated carbocycles. The van der Waals surface area contributed by atoms with Crippen molar-refractivity contribution in [1.29, 1.82) is 0 Å². The van der Waals surface area contributed by atoms with E-state index in [0.717, 1.165) is 21.7 Å². The lowest BCUT2D eigenvalue weighted by atomic mass is 10.2. The number of sulfonamides is 1. The topological polar surface area (TPSA) is 144 Å². The Hall–Kier alpha value is -3.13. The number of rotatable bonds is 5. The summed E-state index contributed by atoms with van der Waals surface area (Å²) in [5.74, 6) is -0.411. The van der Waals surface area contributed by atoms with Gasteiger partial charge < -0.3 is 4.90 Å². The molecule has 0 N–H and O–H groups in total. The summed E-state index contributed by atoms with van der Waals surface area (Å²) in [4.78, 5) is 35.2. The molecule has 1 aliphatic rings. The van der Waals surface area contributed by atoms with Gasteiger partial charge in [0.2, 0.25) is 10.0 Å². The summed E-state index contributed by atoms with van der Waals surface area (Å²) in [6, 6.07) is 9.24. The SMILES string of the molecule is O=C(c1sc2cc([N+](=O)[O-])ccc2c1Cl)N1CCN(S(=O)(=O)c2ccccc2[N+](=O)[O-])CC1. The highest BCUT2D eigenvalue weighted by Crippen LogP contribution is 2.38. The van der Waals surface area contributed by atoms with Crippen molar-refractivity contribution in [3.8, 4) is 0 Å². The average Bonchev–Trinajstić information content (AvgIpc) is 3.14. The standard InChI is InChI=1S/C19H15ClN4O7S2/c20-17-13-6-5-12(23(26)27)11-15(13)32-18(17)19(25)21-7-9-22(10-8-21)33(30,31)16-4-2-1-3-14(16)24(28)29/h1-6,11H,7-10H2. The smallest absolute Gasteiger partial charge is 0.289 e. The van der Waals surface area contributed by atoms with E-state index in [-0.39, 0.29) is 41.8 Å². The third-order valence-electron chi connectivity index (χ3n) is 5.22. The van der Waals surface area contributed by atoms with E-state index < -0.39 is 36.4 Å². The lowest BCUT2D eigenvalue weighted by Gasteiger charge is -2.33. The molecular formula is C19H15ClN4O7S2. The van der Waals surface area contributed by atoms with Crippen molar-refractivity contribution in [3.63, 3.8) is 0 Å². The highest BCUT2D eigenvalue weighted by atomic mass is 35.5. The minimum Gasteiger partial charge on any atom is -0.335 e. The fraction of sp³-hybridized carbons (Fsp3) is 0.211. The van der Waals surface area contributed by atoms with Crippen LogP contribution in [-0.4, -0.2) is 59.6 Å². The van der Waals surface area contributed by atoms with Gasteiger partial charge in [-0.05, 0) is 12.1 Å². The second kappa shape index (κ2) is 8.67. The molecule has 1 aliphatic heterocycles. The maximum absolute atomic E-state index is 13.0. The second-order valence-corrected chi connectivity index (χ2v) is 10.4. The molecule has 1 fully saturated rings. The Morgan fingerprint density at radius 2 is 1.67 bits per heavy atom. The van der Waals surface area contributed by atoms with E-state index in [2.05, 4.69) is 0 Å². The van der Waals surface area contributed by atoms with Crippen LogP contribution in [0.15, 0.2) is 47.4 Å². The Morgan fingerprint density at radius 3 is 2.30 bits per heavy atom. The number of nitro benzene ring substituents is 2. The molecule has 14 heteroatoms. The van der Waals surface area contributed by atoms with Gasteiger partial charge in [0, 0.05) is 54.5 Å². The van der Waals surface area contributed by atoms with Gasteiger partial charge in [0.25, 0.3) is 17.3 Å². The number of carbonyl (C=O) groups is 1. The van der Waals surface area contributed by atoms with Crippen molar-refractivity contribution in [1.82, 2.24) is 9.21 Å². The first kappa shape index (κ1) is 23.0. The Bertz CT molecular complexity index is 1400. The molecule has 1 saturated heterocycles. The third kappa shape index (κ3) is 4.15. The van der Waals surface area contributed by atoms with Gasteiger partial charge in [0.1, 0.15) is 4.88 Å². The number of piperazine rings is 1. The number of nitro groups is 2. The molecule has 11 nitrogen and oxygen atoms in total. The molecule has 172 valence electrons. The van der Waals surface area contributed by atoms with E-state index in [0.29, 0.717) is 10.1 Å². The number of amides is 1. The fourth-order valence-corrected chi connectivity index (χ4v) is 6.64. The van der Waals surface area contributed by atoms with Crippen LogP contribution >= 0.6 is 22.9 Å². The number of hydrogen-bond acceptors (Lipinski definition) is 8. The van der Waals surface area contributed by atoms with Gasteiger partial charge in [0.15, 0.2) is 4.90 Å². The van der Waals surface area contributed by atoms with E-state index in [1.54, 1.807) is 0 Å². The number of para-hydroxylation sites is 1. The van der Waals surface area contributed by atoms with Gasteiger partial charge in [-0.3, -0.25) is 25.0 Å². The number of halogens is 1. The molecule has 0 spiro atoms. The number of nitrogens with zero attached hydrogens (tertiary/aromatic N) is 4. The van der Waals surface area contributed by atoms with Crippen LogP contribution in [0, 0.1) is 20.2 Å². The zero-order chi connectivity index (χ0) is 23.9. The summed E-state index contributed by atoms with van der Waals surface area (Å²) in [7, 11) is -4.13. The van der Waals surface area contributed by atoms with Crippen LogP contribution in [0.4, 0.5) is 11.4 Å². The zero-order valence-electron chi connectivity index (χ0n) is 16.7. The Labute approximate surface area is 196 Å². The van der Waals surface area contributed by atoms with E-state index >= 15 is 0 Å². The predicted molar refractivity (Wildman–Crippen MR) is 121 cm³/mol. The van der Waals surface area contributed by atoms with E-state index in [1.165, 1.54) is 41.3 Å². The molecule has 0 unspecified atom stereocenters. The van der Waals surface area contributed by atoms with Gasteiger partial charge in [0.05, 0.1) is 14.9 Å². The van der Waals surface area contributed by atoms with Crippen molar-refractivity contribution >= 4 is 60.3 Å². The second-order valence-electron chi connectivity index (χ2n) is 7.10. The molecule has 0 atom stereocenters. The summed E-state index contributed by atoms with van der Waals surface area (Å²) in [5, 5.41) is 22.9. The van der Waals surface area contributed by atoms with Crippen molar-refractivity contribution in [3.05, 3.63) is 72.6 Å². The number of hydrogen-bond donors (Lipinski definition) is 0. The van der Waals surface area contributed by atoms with Gasteiger partial charge in [-0.2, -0.15) is 4.31 Å². The summed E-state index contributed by atoms with van der Waals surface area (Å²) in [6.07, 6.45) is 0. The van der Waals surface area contributed by atoms with Crippen molar-refractivity contribution in [2.45, 2.75) is 4.90 Å². The maximum Gasteiger partial charge on any atom is 0.289 e. The Kier molecular flexibility index (Phi) is 6.05. The highest BCUT2D eigenvalue weighted by molar-refractivity contribution is 7.89. The third-order valence-corrected chi connectivity index (χ3v) is 8.81. The molecule has 4 rings (SSSR count). The number of benzene rings is 2. The molecule has 1 aromatic heterocycles. The molecule has 0 aliphatic carbocycles. The van der Waals surface area contributed by atoms with E-state index in [9.17, 15) is 33.4 Å². The first-order valence-electron chi connectivity index (χ1n) is 9.50. The lowest BCUT2D eigenvalue weighted by Crippen LogP contribution is -2.50. The normalized spacial score (nSPS) is 15.0. The number of thiophene rings is 1. The van der Waals surface area contributed by atoms with E-state index in [4.69, 9.17) is 11.6 Å². The Morgan fingerprint density at radius 1 is 1.00 bits per heavy atom. The van der Waals surface area contributed by atoms with Crippen LogP contribution in [0.3, 0.4) is 0 Å². The zero-order valence-corrected chi connectivity index (χ0v) is 19.1. The van der Waals surface area contributed by atoms with Crippen LogP contribution in [0.1, 0.15) is 9.67 Å². The number of fused-ring (bicyclic) bond motifs is 1. The first-order chi connectivity index (χ1) is 15.6. The molecular weight excluding hydrogens is 496 g/mol. The molecule has 1 amide bonds. The van der Waals surface area contributed by atoms with Crippen molar-refractivity contribution in [2.75, 3.05) is 26.2 Å². The summed E-state index contributed by atoms with van der Waals surface area (Å²) < 4.78 is 27.5. The van der Waals surface area contributed by atoms with Crippen LogP contribution in [-0.2, 0) is 10.0 Å². The van der Waals surface area contributed by atoms with E-state index in [1.807, 2.05) is 0 Å². The molecule has 3 aromatic rings. The van der Waals surface area contributed by atoms with Gasteiger partial charge in [-0.15, -0.1) is 11.3 Å². The first-order valence-corrected chi connectivity index (χ1v) is 12.1. The maximum atomic E-state index is 13.0. The van der Waals surface area contributed by atoms with Crippen molar-refractivity contribution in [2.24, 2.45) is 0 Å². The molecule has 33 heavy (non-hydrogen) atoms. The lowest BCUT2D eigenvalue weighted by molar-refractivity contribution is -0.387. The van der Waals surface area contributed by atoms with Crippen molar-refractivity contribution < 1.29 is 23.1 Å². The average molecular weight is 511 g/mol. The molecule has 0 bridgehead atoms.